The van der Waals surface area contributed by atoms with Gasteiger partial charge in [-0.3, -0.25) is 4.79 Å². The molecule has 60 valence electrons. The van der Waals surface area contributed by atoms with Gasteiger partial charge in [0.15, 0.2) is 0 Å². The molecule has 12 heavy (non-hydrogen) atoms. The lowest BCUT2D eigenvalue weighted by molar-refractivity contribution is -0.136. The average Bonchev–Trinajstić information content (AvgIpc) is 2.05. The lowest BCUT2D eigenvalue weighted by atomic mass is 10.2. The zero-order chi connectivity index (χ0) is 8.97. The molecule has 0 unspecified atom stereocenters. The van der Waals surface area contributed by atoms with Gasteiger partial charge in [0, 0.05) is 6.20 Å². The molecule has 0 atom stereocenters. The number of carbonyl (C=O) groups is 1. The Bertz CT molecular complexity index is 324. The monoisotopic (exact) mass is 162 g/mol. The summed E-state index contributed by atoms with van der Waals surface area (Å²) in [6.45, 7) is 0. The van der Waals surface area contributed by atoms with E-state index in [1.807, 2.05) is 6.07 Å². The molecule has 1 N–H and O–H groups in total. The van der Waals surface area contributed by atoms with Crippen LogP contribution in [0.3, 0.4) is 0 Å². The van der Waals surface area contributed by atoms with Gasteiger partial charge < -0.3 is 5.11 Å². The van der Waals surface area contributed by atoms with Crippen molar-refractivity contribution in [3.63, 3.8) is 0 Å². The molecule has 0 saturated carbocycles. The van der Waals surface area contributed by atoms with Gasteiger partial charge in [-0.05, 0) is 11.6 Å². The minimum atomic E-state index is -0.901. The molecule has 1 aromatic rings. The van der Waals surface area contributed by atoms with E-state index in [1.54, 1.807) is 6.07 Å². The lowest BCUT2D eigenvalue weighted by Gasteiger charge is -1.94. The van der Waals surface area contributed by atoms with E-state index >= 15 is 0 Å². The van der Waals surface area contributed by atoms with Gasteiger partial charge in [0.1, 0.15) is 11.8 Å². The molecule has 0 amide bonds. The third kappa shape index (κ3) is 2.06. The maximum atomic E-state index is 10.2. The molecular weight excluding hydrogens is 156 g/mol. The van der Waals surface area contributed by atoms with Crippen molar-refractivity contribution in [1.82, 2.24) is 4.98 Å². The van der Waals surface area contributed by atoms with E-state index in [9.17, 15) is 4.79 Å². The Morgan fingerprint density at radius 1 is 1.67 bits per heavy atom. The third-order valence-electron chi connectivity index (χ3n) is 1.29. The number of nitrogens with zero attached hydrogens (tertiary/aromatic N) is 2. The molecule has 4 heteroatoms. The summed E-state index contributed by atoms with van der Waals surface area (Å²) in [7, 11) is 0. The maximum Gasteiger partial charge on any atom is 0.307 e. The number of hydrogen-bond donors (Lipinski definition) is 1. The molecule has 0 bridgehead atoms. The van der Waals surface area contributed by atoms with E-state index in [0.717, 1.165) is 0 Å². The van der Waals surface area contributed by atoms with E-state index in [-0.39, 0.29) is 6.42 Å². The van der Waals surface area contributed by atoms with E-state index in [4.69, 9.17) is 10.4 Å². The molecule has 0 radical (unpaired) electrons. The largest absolute Gasteiger partial charge is 0.481 e. The Labute approximate surface area is 69.1 Å². The van der Waals surface area contributed by atoms with Crippen LogP contribution in [0.4, 0.5) is 0 Å². The van der Waals surface area contributed by atoms with Crippen molar-refractivity contribution < 1.29 is 9.90 Å². The Hall–Kier alpha value is -1.89. The number of carboxylic acid groups (broad SMARTS) is 1. The van der Waals surface area contributed by atoms with Crippen molar-refractivity contribution in [3.05, 3.63) is 29.6 Å². The molecule has 1 aromatic heterocycles. The van der Waals surface area contributed by atoms with Gasteiger partial charge in [-0.2, -0.15) is 5.26 Å². The highest BCUT2D eigenvalue weighted by Gasteiger charge is 1.99. The molecular formula is C8H6N2O2. The second kappa shape index (κ2) is 3.49. The van der Waals surface area contributed by atoms with Gasteiger partial charge >= 0.3 is 5.97 Å². The van der Waals surface area contributed by atoms with Crippen molar-refractivity contribution in [2.75, 3.05) is 0 Å². The van der Waals surface area contributed by atoms with Gasteiger partial charge in [0.2, 0.25) is 0 Å². The normalized spacial score (nSPS) is 8.92. The van der Waals surface area contributed by atoms with Gasteiger partial charge in [0.05, 0.1) is 6.42 Å². The van der Waals surface area contributed by atoms with Crippen LogP contribution in [0.5, 0.6) is 0 Å². The summed E-state index contributed by atoms with van der Waals surface area (Å²) in [4.78, 5) is 14.0. The fraction of sp³-hybridized carbons (Fsp3) is 0.125. The van der Waals surface area contributed by atoms with Crippen LogP contribution in [0.15, 0.2) is 18.3 Å². The number of carboxylic acids is 1. The second-order valence-corrected chi connectivity index (χ2v) is 2.23. The molecule has 1 heterocycles. The van der Waals surface area contributed by atoms with Crippen molar-refractivity contribution >= 4 is 5.97 Å². The van der Waals surface area contributed by atoms with Crippen LogP contribution in [-0.4, -0.2) is 16.1 Å². The maximum absolute atomic E-state index is 10.2. The standard InChI is InChI=1S/C8H6N2O2/c9-4-7-2-1-6(5-10-7)3-8(11)12/h1-2,5H,3H2,(H,11,12). The molecule has 0 aliphatic carbocycles. The van der Waals surface area contributed by atoms with Crippen molar-refractivity contribution in [2.45, 2.75) is 6.42 Å². The smallest absolute Gasteiger partial charge is 0.307 e. The van der Waals surface area contributed by atoms with Crippen LogP contribution in [-0.2, 0) is 11.2 Å². The van der Waals surface area contributed by atoms with Gasteiger partial charge in [-0.25, -0.2) is 4.98 Å². The van der Waals surface area contributed by atoms with Gasteiger partial charge in [-0.15, -0.1) is 0 Å². The zero-order valence-electron chi connectivity index (χ0n) is 6.19. The van der Waals surface area contributed by atoms with Crippen molar-refractivity contribution in [3.8, 4) is 6.07 Å². The van der Waals surface area contributed by atoms with Gasteiger partial charge in [-0.1, -0.05) is 6.07 Å². The third-order valence-corrected chi connectivity index (χ3v) is 1.29. The topological polar surface area (TPSA) is 74.0 Å². The van der Waals surface area contributed by atoms with Crippen LogP contribution >= 0.6 is 0 Å². The fourth-order valence-electron chi connectivity index (χ4n) is 0.770. The average molecular weight is 162 g/mol. The number of rotatable bonds is 2. The molecule has 0 fully saturated rings. The summed E-state index contributed by atoms with van der Waals surface area (Å²) in [5.41, 5.74) is 0.894. The molecule has 0 saturated heterocycles. The number of pyridine rings is 1. The molecule has 1 rings (SSSR count). The first-order valence-corrected chi connectivity index (χ1v) is 3.29. The highest BCUT2D eigenvalue weighted by molar-refractivity contribution is 5.69. The van der Waals surface area contributed by atoms with Crippen LogP contribution in [0.1, 0.15) is 11.3 Å². The molecule has 0 aliphatic heterocycles. The van der Waals surface area contributed by atoms with E-state index < -0.39 is 5.97 Å². The fourth-order valence-corrected chi connectivity index (χ4v) is 0.770. The first-order valence-electron chi connectivity index (χ1n) is 3.29. The summed E-state index contributed by atoms with van der Waals surface area (Å²) in [5, 5.41) is 16.8. The van der Waals surface area contributed by atoms with E-state index in [1.165, 1.54) is 12.3 Å². The molecule has 0 aliphatic rings. The van der Waals surface area contributed by atoms with Crippen LogP contribution < -0.4 is 0 Å². The summed E-state index contributed by atoms with van der Waals surface area (Å²) >= 11 is 0. The second-order valence-electron chi connectivity index (χ2n) is 2.23. The Balaban J connectivity index is 2.80. The lowest BCUT2D eigenvalue weighted by Crippen LogP contribution is -2.00. The van der Waals surface area contributed by atoms with Gasteiger partial charge in [0.25, 0.3) is 0 Å². The predicted octanol–water partition coefficient (Wildman–Crippen LogP) is 0.580. The summed E-state index contributed by atoms with van der Waals surface area (Å²) in [6.07, 6.45) is 1.34. The SMILES string of the molecule is N#Cc1ccc(CC(=O)O)cn1. The summed E-state index contributed by atoms with van der Waals surface area (Å²) in [6, 6.07) is 4.93. The van der Waals surface area contributed by atoms with Crippen LogP contribution in [0.25, 0.3) is 0 Å². The highest BCUT2D eigenvalue weighted by atomic mass is 16.4. The summed E-state index contributed by atoms with van der Waals surface area (Å²) in [5.74, 6) is -0.901. The Morgan fingerprint density at radius 3 is 2.83 bits per heavy atom. The first kappa shape index (κ1) is 8.21. The highest BCUT2D eigenvalue weighted by Crippen LogP contribution is 1.99. The van der Waals surface area contributed by atoms with Crippen LogP contribution in [0, 0.1) is 11.3 Å². The van der Waals surface area contributed by atoms with Crippen LogP contribution in [0.2, 0.25) is 0 Å². The minimum absolute atomic E-state index is 0.0568. The Kier molecular flexibility index (Phi) is 2.38. The van der Waals surface area contributed by atoms with E-state index in [2.05, 4.69) is 4.98 Å². The molecule has 4 nitrogen and oxygen atoms in total. The first-order chi connectivity index (χ1) is 5.72. The number of nitriles is 1. The van der Waals surface area contributed by atoms with E-state index in [0.29, 0.717) is 11.3 Å². The summed E-state index contributed by atoms with van der Waals surface area (Å²) < 4.78 is 0. The number of aliphatic carboxylic acids is 1. The predicted molar refractivity (Wildman–Crippen MR) is 40.3 cm³/mol. The Morgan fingerprint density at radius 2 is 2.42 bits per heavy atom. The number of aromatic nitrogens is 1. The number of hydrogen-bond acceptors (Lipinski definition) is 3. The van der Waals surface area contributed by atoms with Crippen molar-refractivity contribution in [2.24, 2.45) is 0 Å². The zero-order valence-corrected chi connectivity index (χ0v) is 6.19. The molecule has 0 spiro atoms. The quantitative estimate of drug-likeness (QED) is 0.690. The molecule has 0 aromatic carbocycles. The minimum Gasteiger partial charge on any atom is -0.481 e. The van der Waals surface area contributed by atoms with Crippen molar-refractivity contribution in [1.29, 1.82) is 5.26 Å².